The maximum absolute atomic E-state index is 5.41. The standard InChI is InChI=1S/C10H9BrO3/c11-7-3-1-6(2-4-7)9-10-8(13-10)5-12-14-9/h1-4,8-10H,5H2/t8-,9-,10-/m1/s1. The fourth-order valence-corrected chi connectivity index (χ4v) is 1.95. The fraction of sp³-hybridized carbons (Fsp3) is 0.400. The Morgan fingerprint density at radius 2 is 2.00 bits per heavy atom. The van der Waals surface area contributed by atoms with Crippen LogP contribution in [0, 0.1) is 0 Å². The van der Waals surface area contributed by atoms with E-state index in [4.69, 9.17) is 14.5 Å². The van der Waals surface area contributed by atoms with E-state index in [9.17, 15) is 0 Å². The maximum atomic E-state index is 5.41. The Kier molecular flexibility index (Phi) is 2.09. The molecule has 14 heavy (non-hydrogen) atoms. The molecular formula is C10H9BrO3. The molecule has 1 aromatic rings. The molecular weight excluding hydrogens is 248 g/mol. The van der Waals surface area contributed by atoms with Gasteiger partial charge >= 0.3 is 0 Å². The van der Waals surface area contributed by atoms with Crippen molar-refractivity contribution in [1.82, 2.24) is 0 Å². The highest BCUT2D eigenvalue weighted by molar-refractivity contribution is 9.10. The fourth-order valence-electron chi connectivity index (χ4n) is 1.69. The molecule has 74 valence electrons. The van der Waals surface area contributed by atoms with Crippen molar-refractivity contribution < 1.29 is 14.5 Å². The Morgan fingerprint density at radius 3 is 2.79 bits per heavy atom. The topological polar surface area (TPSA) is 31.0 Å². The molecule has 0 aliphatic carbocycles. The van der Waals surface area contributed by atoms with E-state index >= 15 is 0 Å². The zero-order chi connectivity index (χ0) is 9.54. The highest BCUT2D eigenvalue weighted by atomic mass is 79.9. The van der Waals surface area contributed by atoms with E-state index in [0.717, 1.165) is 10.0 Å². The lowest BCUT2D eigenvalue weighted by Crippen LogP contribution is -2.22. The highest BCUT2D eigenvalue weighted by Crippen LogP contribution is 2.40. The van der Waals surface area contributed by atoms with Crippen molar-refractivity contribution in [2.75, 3.05) is 6.61 Å². The quantitative estimate of drug-likeness (QED) is 0.571. The number of hydrogen-bond acceptors (Lipinski definition) is 3. The average molecular weight is 257 g/mol. The Labute approximate surface area is 90.0 Å². The molecule has 0 bridgehead atoms. The van der Waals surface area contributed by atoms with Crippen molar-refractivity contribution in [1.29, 1.82) is 0 Å². The Morgan fingerprint density at radius 1 is 1.21 bits per heavy atom. The third-order valence-electron chi connectivity index (χ3n) is 2.52. The molecule has 2 fully saturated rings. The van der Waals surface area contributed by atoms with E-state index < -0.39 is 0 Å². The molecule has 2 saturated heterocycles. The van der Waals surface area contributed by atoms with Gasteiger partial charge in [-0.3, -0.25) is 0 Å². The number of rotatable bonds is 1. The summed E-state index contributed by atoms with van der Waals surface area (Å²) in [5, 5.41) is 0. The molecule has 0 unspecified atom stereocenters. The van der Waals surface area contributed by atoms with Gasteiger partial charge < -0.3 is 4.74 Å². The van der Waals surface area contributed by atoms with Crippen LogP contribution in [0.1, 0.15) is 11.7 Å². The van der Waals surface area contributed by atoms with Crippen LogP contribution in [0.5, 0.6) is 0 Å². The molecule has 3 rings (SSSR count). The average Bonchev–Trinajstić information content (AvgIpc) is 2.97. The van der Waals surface area contributed by atoms with E-state index in [1.54, 1.807) is 0 Å². The van der Waals surface area contributed by atoms with Crippen molar-refractivity contribution in [2.24, 2.45) is 0 Å². The summed E-state index contributed by atoms with van der Waals surface area (Å²) < 4.78 is 6.47. The van der Waals surface area contributed by atoms with Crippen LogP contribution >= 0.6 is 15.9 Å². The molecule has 2 aliphatic heterocycles. The van der Waals surface area contributed by atoms with Gasteiger partial charge in [-0.05, 0) is 17.7 Å². The summed E-state index contributed by atoms with van der Waals surface area (Å²) in [7, 11) is 0. The number of hydrogen-bond donors (Lipinski definition) is 0. The van der Waals surface area contributed by atoms with Crippen molar-refractivity contribution in [3.05, 3.63) is 34.3 Å². The molecule has 0 amide bonds. The predicted octanol–water partition coefficient (Wildman–Crippen LogP) is 2.22. The third kappa shape index (κ3) is 1.48. The first kappa shape index (κ1) is 8.85. The summed E-state index contributed by atoms with van der Waals surface area (Å²) >= 11 is 3.39. The van der Waals surface area contributed by atoms with Gasteiger partial charge in [0.15, 0.2) is 0 Å². The van der Waals surface area contributed by atoms with Crippen LogP contribution < -0.4 is 0 Å². The zero-order valence-corrected chi connectivity index (χ0v) is 8.94. The van der Waals surface area contributed by atoms with Crippen LogP contribution in [0.2, 0.25) is 0 Å². The number of fused-ring (bicyclic) bond motifs is 1. The van der Waals surface area contributed by atoms with Crippen LogP contribution in [0.4, 0.5) is 0 Å². The van der Waals surface area contributed by atoms with Crippen LogP contribution in [-0.2, 0) is 14.5 Å². The minimum absolute atomic E-state index is 0.0677. The second-order valence-electron chi connectivity index (χ2n) is 3.49. The largest absolute Gasteiger partial charge is 0.364 e. The number of ether oxygens (including phenoxy) is 1. The molecule has 4 heteroatoms. The first-order valence-corrected chi connectivity index (χ1v) is 5.33. The van der Waals surface area contributed by atoms with Gasteiger partial charge in [-0.15, -0.1) is 0 Å². The summed E-state index contributed by atoms with van der Waals surface area (Å²) in [5.74, 6) is 0. The van der Waals surface area contributed by atoms with Gasteiger partial charge in [0.1, 0.15) is 24.9 Å². The van der Waals surface area contributed by atoms with Gasteiger partial charge in [0.25, 0.3) is 0 Å². The van der Waals surface area contributed by atoms with Gasteiger partial charge in [0.2, 0.25) is 0 Å². The molecule has 0 aromatic heterocycles. The van der Waals surface area contributed by atoms with Crippen molar-refractivity contribution >= 4 is 15.9 Å². The lowest BCUT2D eigenvalue weighted by Gasteiger charge is -2.18. The minimum atomic E-state index is -0.0677. The molecule has 0 spiro atoms. The SMILES string of the molecule is Brc1ccc([C@H]2OOC[C@H]3O[C@@H]23)cc1. The molecule has 2 aliphatic rings. The molecule has 3 nitrogen and oxygen atoms in total. The van der Waals surface area contributed by atoms with Crippen LogP contribution in [0.15, 0.2) is 28.7 Å². The van der Waals surface area contributed by atoms with Crippen molar-refractivity contribution in [3.63, 3.8) is 0 Å². The summed E-state index contributed by atoms with van der Waals surface area (Å²) in [6.07, 6.45) is 0.351. The molecule has 1 aromatic carbocycles. The zero-order valence-electron chi connectivity index (χ0n) is 7.35. The van der Waals surface area contributed by atoms with E-state index in [0.29, 0.717) is 6.61 Å². The number of benzene rings is 1. The first-order valence-electron chi connectivity index (χ1n) is 4.54. The second-order valence-corrected chi connectivity index (χ2v) is 4.41. The monoisotopic (exact) mass is 256 g/mol. The van der Waals surface area contributed by atoms with Crippen LogP contribution in [-0.4, -0.2) is 18.8 Å². The molecule has 2 heterocycles. The van der Waals surface area contributed by atoms with Crippen molar-refractivity contribution in [2.45, 2.75) is 18.3 Å². The molecule has 0 N–H and O–H groups in total. The van der Waals surface area contributed by atoms with E-state index in [-0.39, 0.29) is 18.3 Å². The molecule has 0 radical (unpaired) electrons. The van der Waals surface area contributed by atoms with Crippen LogP contribution in [0.3, 0.4) is 0 Å². The first-order chi connectivity index (χ1) is 6.84. The summed E-state index contributed by atoms with van der Waals surface area (Å²) in [6.45, 7) is 0.553. The molecule has 3 atom stereocenters. The predicted molar refractivity (Wildman–Crippen MR) is 52.6 cm³/mol. The lowest BCUT2D eigenvalue weighted by molar-refractivity contribution is -0.339. The van der Waals surface area contributed by atoms with Gasteiger partial charge in [0.05, 0.1) is 0 Å². The summed E-state index contributed by atoms with van der Waals surface area (Å²) in [5.41, 5.74) is 1.10. The minimum Gasteiger partial charge on any atom is -0.364 e. The van der Waals surface area contributed by atoms with Gasteiger partial charge in [-0.1, -0.05) is 28.1 Å². The van der Waals surface area contributed by atoms with Crippen molar-refractivity contribution in [3.8, 4) is 0 Å². The highest BCUT2D eigenvalue weighted by Gasteiger charge is 2.50. The number of epoxide rings is 1. The number of halogens is 1. The maximum Gasteiger partial charge on any atom is 0.147 e. The smallest absolute Gasteiger partial charge is 0.147 e. The van der Waals surface area contributed by atoms with E-state index in [1.165, 1.54) is 0 Å². The van der Waals surface area contributed by atoms with E-state index in [1.807, 2.05) is 24.3 Å². The Balaban J connectivity index is 1.84. The Bertz CT molecular complexity index is 338. The summed E-state index contributed by atoms with van der Waals surface area (Å²) in [6, 6.07) is 8.01. The normalized spacial score (nSPS) is 35.1. The van der Waals surface area contributed by atoms with Crippen LogP contribution in [0.25, 0.3) is 0 Å². The van der Waals surface area contributed by atoms with Gasteiger partial charge in [0, 0.05) is 4.47 Å². The van der Waals surface area contributed by atoms with Gasteiger partial charge in [-0.25, -0.2) is 9.78 Å². The molecule has 0 saturated carbocycles. The van der Waals surface area contributed by atoms with E-state index in [2.05, 4.69) is 15.9 Å². The van der Waals surface area contributed by atoms with Gasteiger partial charge in [-0.2, -0.15) is 0 Å². The third-order valence-corrected chi connectivity index (χ3v) is 3.05. The Hall–Kier alpha value is -0.420. The lowest BCUT2D eigenvalue weighted by atomic mass is 10.0. The second kappa shape index (κ2) is 3.31. The summed E-state index contributed by atoms with van der Waals surface area (Å²) in [4.78, 5) is 10.2.